The summed E-state index contributed by atoms with van der Waals surface area (Å²) in [6.45, 7) is 9.35. The van der Waals surface area contributed by atoms with Gasteiger partial charge in [-0.1, -0.05) is 66.2 Å². The van der Waals surface area contributed by atoms with Crippen LogP contribution in [0, 0.1) is 5.41 Å². The first-order chi connectivity index (χ1) is 6.74. The Hall–Kier alpha value is 0. The third-order valence-electron chi connectivity index (χ3n) is 3.62. The summed E-state index contributed by atoms with van der Waals surface area (Å²) in [6.07, 6.45) is 12.7. The standard InChI is InChI=1S/C14H30/c1-5-9-10-13-14(8-4,11-6-2)12-7-3/h5-13H2,1-4H3. The first-order valence-electron chi connectivity index (χ1n) is 6.74. The van der Waals surface area contributed by atoms with E-state index in [1.54, 1.807) is 0 Å². The predicted octanol–water partition coefficient (Wildman–Crippen LogP) is 5.56. The van der Waals surface area contributed by atoms with E-state index >= 15 is 0 Å². The molecule has 14 heavy (non-hydrogen) atoms. The van der Waals surface area contributed by atoms with Crippen LogP contribution in [0.25, 0.3) is 0 Å². The van der Waals surface area contributed by atoms with Crippen molar-refractivity contribution in [3.8, 4) is 0 Å². The molecule has 0 saturated carbocycles. The molecular weight excluding hydrogens is 168 g/mol. The molecule has 0 aromatic rings. The van der Waals surface area contributed by atoms with E-state index in [-0.39, 0.29) is 0 Å². The molecule has 0 aliphatic carbocycles. The van der Waals surface area contributed by atoms with Gasteiger partial charge in [0.25, 0.3) is 0 Å². The summed E-state index contributed by atoms with van der Waals surface area (Å²) in [5.74, 6) is 0. The lowest BCUT2D eigenvalue weighted by atomic mass is 9.73. The average Bonchev–Trinajstić information content (AvgIpc) is 2.19. The highest BCUT2D eigenvalue weighted by Gasteiger charge is 2.24. The Bertz CT molecular complexity index is 109. The lowest BCUT2D eigenvalue weighted by Crippen LogP contribution is -2.19. The predicted molar refractivity (Wildman–Crippen MR) is 66.7 cm³/mol. The Labute approximate surface area is 91.5 Å². The minimum absolute atomic E-state index is 0.693. The van der Waals surface area contributed by atoms with Crippen LogP contribution in [0.15, 0.2) is 0 Å². The molecule has 0 aliphatic heterocycles. The van der Waals surface area contributed by atoms with Gasteiger partial charge in [0.2, 0.25) is 0 Å². The van der Waals surface area contributed by atoms with E-state index < -0.39 is 0 Å². The molecule has 0 aromatic carbocycles. The van der Waals surface area contributed by atoms with Crippen LogP contribution in [0.3, 0.4) is 0 Å². The smallest absolute Gasteiger partial charge is 0.0300 e. The van der Waals surface area contributed by atoms with Crippen LogP contribution < -0.4 is 0 Å². The molecule has 0 radical (unpaired) electrons. The molecule has 0 heterocycles. The van der Waals surface area contributed by atoms with E-state index in [4.69, 9.17) is 0 Å². The summed E-state index contributed by atoms with van der Waals surface area (Å²) in [6, 6.07) is 0. The number of hydrogen-bond acceptors (Lipinski definition) is 0. The molecule has 0 aliphatic rings. The van der Waals surface area contributed by atoms with Gasteiger partial charge < -0.3 is 0 Å². The normalized spacial score (nSPS) is 12.0. The number of rotatable bonds is 9. The van der Waals surface area contributed by atoms with Gasteiger partial charge in [0.1, 0.15) is 0 Å². The molecule has 0 spiro atoms. The molecule has 0 nitrogen and oxygen atoms in total. The van der Waals surface area contributed by atoms with Crippen molar-refractivity contribution in [1.82, 2.24) is 0 Å². The van der Waals surface area contributed by atoms with Gasteiger partial charge in [0, 0.05) is 0 Å². The highest BCUT2D eigenvalue weighted by molar-refractivity contribution is 4.77. The Morgan fingerprint density at radius 2 is 1.21 bits per heavy atom. The molecule has 0 heteroatoms. The summed E-state index contributed by atoms with van der Waals surface area (Å²) < 4.78 is 0. The minimum Gasteiger partial charge on any atom is -0.0654 e. The van der Waals surface area contributed by atoms with Crippen LogP contribution in [-0.2, 0) is 0 Å². The fraction of sp³-hybridized carbons (Fsp3) is 1.00. The molecule has 0 aromatic heterocycles. The van der Waals surface area contributed by atoms with E-state index in [2.05, 4.69) is 27.7 Å². The van der Waals surface area contributed by atoms with E-state index in [1.807, 2.05) is 0 Å². The molecule has 0 saturated heterocycles. The van der Waals surface area contributed by atoms with Crippen molar-refractivity contribution in [2.75, 3.05) is 0 Å². The first-order valence-corrected chi connectivity index (χ1v) is 6.74. The van der Waals surface area contributed by atoms with Crippen molar-refractivity contribution < 1.29 is 0 Å². The molecule has 0 bridgehead atoms. The molecule has 0 fully saturated rings. The van der Waals surface area contributed by atoms with Gasteiger partial charge in [-0.2, -0.15) is 0 Å². The minimum atomic E-state index is 0.693. The van der Waals surface area contributed by atoms with Crippen LogP contribution in [0.2, 0.25) is 0 Å². The zero-order valence-electron chi connectivity index (χ0n) is 10.9. The monoisotopic (exact) mass is 198 g/mol. The van der Waals surface area contributed by atoms with E-state index in [9.17, 15) is 0 Å². The zero-order valence-corrected chi connectivity index (χ0v) is 10.9. The fourth-order valence-corrected chi connectivity index (χ4v) is 2.72. The lowest BCUT2D eigenvalue weighted by molar-refractivity contribution is 0.197. The summed E-state index contributed by atoms with van der Waals surface area (Å²) >= 11 is 0. The average molecular weight is 198 g/mol. The summed E-state index contributed by atoms with van der Waals surface area (Å²) in [4.78, 5) is 0. The third kappa shape index (κ3) is 5.02. The largest absolute Gasteiger partial charge is 0.0654 e. The summed E-state index contributed by atoms with van der Waals surface area (Å²) in [5, 5.41) is 0. The van der Waals surface area contributed by atoms with Gasteiger partial charge in [-0.05, 0) is 24.7 Å². The van der Waals surface area contributed by atoms with Crippen LogP contribution in [0.5, 0.6) is 0 Å². The van der Waals surface area contributed by atoms with Crippen molar-refractivity contribution in [2.24, 2.45) is 5.41 Å². The molecule has 0 atom stereocenters. The third-order valence-corrected chi connectivity index (χ3v) is 3.62. The van der Waals surface area contributed by atoms with Crippen molar-refractivity contribution in [2.45, 2.75) is 85.5 Å². The fourth-order valence-electron chi connectivity index (χ4n) is 2.72. The van der Waals surface area contributed by atoms with Crippen LogP contribution in [-0.4, -0.2) is 0 Å². The van der Waals surface area contributed by atoms with E-state index in [1.165, 1.54) is 57.8 Å². The quantitative estimate of drug-likeness (QED) is 0.425. The van der Waals surface area contributed by atoms with Gasteiger partial charge in [-0.15, -0.1) is 0 Å². The van der Waals surface area contributed by atoms with Crippen molar-refractivity contribution in [3.05, 3.63) is 0 Å². The highest BCUT2D eigenvalue weighted by Crippen LogP contribution is 2.38. The van der Waals surface area contributed by atoms with Crippen molar-refractivity contribution in [1.29, 1.82) is 0 Å². The van der Waals surface area contributed by atoms with E-state index in [0.717, 1.165) is 0 Å². The van der Waals surface area contributed by atoms with Gasteiger partial charge in [0.15, 0.2) is 0 Å². The SMILES string of the molecule is CCCCCC(CC)(CCC)CCC. The molecular formula is C14H30. The highest BCUT2D eigenvalue weighted by atomic mass is 14.3. The number of unbranched alkanes of at least 4 members (excludes halogenated alkanes) is 2. The molecule has 0 N–H and O–H groups in total. The first kappa shape index (κ1) is 14.0. The maximum absolute atomic E-state index is 2.39. The van der Waals surface area contributed by atoms with Crippen molar-refractivity contribution >= 4 is 0 Å². The van der Waals surface area contributed by atoms with Crippen molar-refractivity contribution in [3.63, 3.8) is 0 Å². The van der Waals surface area contributed by atoms with Gasteiger partial charge in [-0.3, -0.25) is 0 Å². The number of hydrogen-bond donors (Lipinski definition) is 0. The maximum Gasteiger partial charge on any atom is -0.0300 e. The second-order valence-electron chi connectivity index (χ2n) is 4.81. The van der Waals surface area contributed by atoms with Gasteiger partial charge >= 0.3 is 0 Å². The van der Waals surface area contributed by atoms with Crippen LogP contribution in [0.1, 0.15) is 85.5 Å². The second kappa shape index (κ2) is 8.32. The van der Waals surface area contributed by atoms with Crippen LogP contribution in [0.4, 0.5) is 0 Å². The Kier molecular flexibility index (Phi) is 8.32. The van der Waals surface area contributed by atoms with Gasteiger partial charge in [0.05, 0.1) is 0 Å². The molecule has 0 amide bonds. The second-order valence-corrected chi connectivity index (χ2v) is 4.81. The van der Waals surface area contributed by atoms with Crippen LogP contribution >= 0.6 is 0 Å². The molecule has 86 valence electrons. The summed E-state index contributed by atoms with van der Waals surface area (Å²) in [7, 11) is 0. The Morgan fingerprint density at radius 3 is 1.57 bits per heavy atom. The van der Waals surface area contributed by atoms with E-state index in [0.29, 0.717) is 5.41 Å². The Morgan fingerprint density at radius 1 is 0.643 bits per heavy atom. The van der Waals surface area contributed by atoms with Gasteiger partial charge in [-0.25, -0.2) is 0 Å². The topological polar surface area (TPSA) is 0 Å². The molecule has 0 unspecified atom stereocenters. The summed E-state index contributed by atoms with van der Waals surface area (Å²) in [5.41, 5.74) is 0.693. The lowest BCUT2D eigenvalue weighted by Gasteiger charge is -2.32. The Balaban J connectivity index is 4.03. The zero-order chi connectivity index (χ0) is 10.9. The maximum atomic E-state index is 2.39. The molecule has 0 rings (SSSR count).